The van der Waals surface area contributed by atoms with Crippen LogP contribution in [0.15, 0.2) is 42.5 Å². The molecule has 1 atom stereocenters. The van der Waals surface area contributed by atoms with Crippen molar-refractivity contribution < 1.29 is 8.78 Å². The zero-order chi connectivity index (χ0) is 15.2. The summed E-state index contributed by atoms with van der Waals surface area (Å²) < 4.78 is 26.5. The fourth-order valence-corrected chi connectivity index (χ4v) is 2.49. The van der Waals surface area contributed by atoms with E-state index in [0.29, 0.717) is 0 Å². The molecule has 21 heavy (non-hydrogen) atoms. The molecule has 2 aromatic rings. The Bertz CT molecular complexity index is 578. The lowest BCUT2D eigenvalue weighted by atomic mass is 9.96. The number of halogens is 2. The molecule has 0 bridgehead atoms. The highest BCUT2D eigenvalue weighted by Crippen LogP contribution is 2.24. The molecule has 112 valence electrons. The van der Waals surface area contributed by atoms with Gasteiger partial charge in [-0.05, 0) is 41.8 Å². The number of hydrogen-bond donors (Lipinski definition) is 1. The minimum absolute atomic E-state index is 0.124. The van der Waals surface area contributed by atoms with Crippen molar-refractivity contribution in [1.29, 1.82) is 0 Å². The quantitative estimate of drug-likeness (QED) is 0.818. The first-order valence-corrected chi connectivity index (χ1v) is 7.42. The number of benzene rings is 2. The van der Waals surface area contributed by atoms with Gasteiger partial charge in [0.25, 0.3) is 0 Å². The molecule has 2 aromatic carbocycles. The van der Waals surface area contributed by atoms with E-state index in [1.807, 2.05) is 6.92 Å². The van der Waals surface area contributed by atoms with E-state index in [2.05, 4.69) is 36.5 Å². The Balaban J connectivity index is 2.31. The summed E-state index contributed by atoms with van der Waals surface area (Å²) in [6, 6.07) is 12.3. The van der Waals surface area contributed by atoms with E-state index >= 15 is 0 Å². The van der Waals surface area contributed by atoms with Gasteiger partial charge in [0.05, 0.1) is 6.04 Å². The van der Waals surface area contributed by atoms with Crippen molar-refractivity contribution in [3.63, 3.8) is 0 Å². The Kier molecular flexibility index (Phi) is 5.45. The average Bonchev–Trinajstić information content (AvgIpc) is 2.49. The van der Waals surface area contributed by atoms with Crippen LogP contribution in [-0.2, 0) is 6.42 Å². The molecule has 0 heterocycles. The monoisotopic (exact) mass is 289 g/mol. The maximum Gasteiger partial charge on any atom is 0.159 e. The predicted octanol–water partition coefficient (Wildman–Crippen LogP) is 4.62. The third kappa shape index (κ3) is 3.88. The van der Waals surface area contributed by atoms with Crippen LogP contribution in [0, 0.1) is 11.6 Å². The smallest absolute Gasteiger partial charge is 0.159 e. The third-order valence-corrected chi connectivity index (χ3v) is 3.54. The molecule has 0 aliphatic carbocycles. The molecule has 0 amide bonds. The van der Waals surface area contributed by atoms with Crippen molar-refractivity contribution in [2.24, 2.45) is 0 Å². The van der Waals surface area contributed by atoms with Crippen LogP contribution in [0.2, 0.25) is 0 Å². The second-order valence-corrected chi connectivity index (χ2v) is 5.16. The minimum Gasteiger partial charge on any atom is -0.307 e. The molecule has 0 aliphatic rings. The van der Waals surface area contributed by atoms with Gasteiger partial charge in [-0.2, -0.15) is 0 Å². The predicted molar refractivity (Wildman–Crippen MR) is 82.3 cm³/mol. The molecule has 0 saturated heterocycles. The Labute approximate surface area is 125 Å². The number of aryl methyl sites for hydroxylation is 1. The maximum atomic E-state index is 13.5. The Morgan fingerprint density at radius 2 is 1.57 bits per heavy atom. The minimum atomic E-state index is -0.813. The molecule has 0 radical (unpaired) electrons. The first-order valence-electron chi connectivity index (χ1n) is 7.42. The van der Waals surface area contributed by atoms with Crippen molar-refractivity contribution in [3.05, 3.63) is 70.8 Å². The molecule has 3 heteroatoms. The highest BCUT2D eigenvalue weighted by molar-refractivity contribution is 5.34. The van der Waals surface area contributed by atoms with Crippen LogP contribution < -0.4 is 5.32 Å². The molecule has 0 aliphatic heterocycles. The van der Waals surface area contributed by atoms with E-state index in [9.17, 15) is 8.78 Å². The summed E-state index contributed by atoms with van der Waals surface area (Å²) in [6.07, 6.45) is 2.16. The molecule has 0 spiro atoms. The largest absolute Gasteiger partial charge is 0.307 e. The Morgan fingerprint density at radius 3 is 2.14 bits per heavy atom. The molecule has 2 rings (SSSR count). The van der Waals surface area contributed by atoms with Gasteiger partial charge in [-0.1, -0.05) is 50.6 Å². The van der Waals surface area contributed by atoms with Crippen LogP contribution in [0.3, 0.4) is 0 Å². The van der Waals surface area contributed by atoms with Gasteiger partial charge in [0.1, 0.15) is 0 Å². The summed E-state index contributed by atoms with van der Waals surface area (Å²) >= 11 is 0. The zero-order valence-electron chi connectivity index (χ0n) is 12.5. The van der Waals surface area contributed by atoms with Gasteiger partial charge in [0.15, 0.2) is 11.6 Å². The van der Waals surface area contributed by atoms with Gasteiger partial charge >= 0.3 is 0 Å². The molecular weight excluding hydrogens is 268 g/mol. The van der Waals surface area contributed by atoms with Crippen LogP contribution >= 0.6 is 0 Å². The normalized spacial score (nSPS) is 12.4. The van der Waals surface area contributed by atoms with Crippen LogP contribution in [0.5, 0.6) is 0 Å². The molecule has 0 aromatic heterocycles. The van der Waals surface area contributed by atoms with Gasteiger partial charge in [0.2, 0.25) is 0 Å². The van der Waals surface area contributed by atoms with E-state index in [0.717, 1.165) is 30.5 Å². The van der Waals surface area contributed by atoms with Crippen molar-refractivity contribution in [2.45, 2.75) is 32.7 Å². The first kappa shape index (κ1) is 15.6. The first-order chi connectivity index (χ1) is 10.2. The van der Waals surface area contributed by atoms with Gasteiger partial charge in [-0.25, -0.2) is 8.78 Å². The Hall–Kier alpha value is -1.74. The van der Waals surface area contributed by atoms with E-state index < -0.39 is 11.6 Å². The SMILES string of the molecule is CCCc1ccc(C(NCC)c2ccc(F)c(F)c2)cc1. The number of hydrogen-bond acceptors (Lipinski definition) is 1. The van der Waals surface area contributed by atoms with Crippen molar-refractivity contribution >= 4 is 0 Å². The van der Waals surface area contributed by atoms with Crippen molar-refractivity contribution in [1.82, 2.24) is 5.32 Å². The van der Waals surface area contributed by atoms with Crippen LogP contribution in [0.4, 0.5) is 8.78 Å². The molecule has 1 N–H and O–H groups in total. The molecule has 0 fully saturated rings. The maximum absolute atomic E-state index is 13.5. The Morgan fingerprint density at radius 1 is 0.905 bits per heavy atom. The second-order valence-electron chi connectivity index (χ2n) is 5.16. The molecular formula is C18H21F2N. The van der Waals surface area contributed by atoms with Crippen molar-refractivity contribution in [3.8, 4) is 0 Å². The standard InChI is InChI=1S/C18H21F2N/c1-3-5-13-6-8-14(9-7-13)18(21-4-2)15-10-11-16(19)17(20)12-15/h6-12,18,21H,3-5H2,1-2H3. The zero-order valence-corrected chi connectivity index (χ0v) is 12.5. The summed E-state index contributed by atoms with van der Waals surface area (Å²) in [5, 5.41) is 3.32. The summed E-state index contributed by atoms with van der Waals surface area (Å²) in [7, 11) is 0. The highest BCUT2D eigenvalue weighted by Gasteiger charge is 2.15. The van der Waals surface area contributed by atoms with Gasteiger partial charge in [-0.15, -0.1) is 0 Å². The summed E-state index contributed by atoms with van der Waals surface area (Å²) in [5.74, 6) is -1.62. The fraction of sp³-hybridized carbons (Fsp3) is 0.333. The number of nitrogens with one attached hydrogen (secondary N) is 1. The summed E-state index contributed by atoms with van der Waals surface area (Å²) in [6.45, 7) is 4.90. The summed E-state index contributed by atoms with van der Waals surface area (Å²) in [5.41, 5.74) is 3.09. The van der Waals surface area contributed by atoms with Crippen molar-refractivity contribution in [2.75, 3.05) is 6.54 Å². The molecule has 1 nitrogen and oxygen atoms in total. The van der Waals surface area contributed by atoms with Crippen LogP contribution in [-0.4, -0.2) is 6.54 Å². The van der Waals surface area contributed by atoms with Gasteiger partial charge < -0.3 is 5.32 Å². The topological polar surface area (TPSA) is 12.0 Å². The summed E-state index contributed by atoms with van der Waals surface area (Å²) in [4.78, 5) is 0. The lowest BCUT2D eigenvalue weighted by Crippen LogP contribution is -2.22. The third-order valence-electron chi connectivity index (χ3n) is 3.54. The van der Waals surface area contributed by atoms with Gasteiger partial charge in [-0.3, -0.25) is 0 Å². The second kappa shape index (κ2) is 7.32. The van der Waals surface area contributed by atoms with E-state index in [1.54, 1.807) is 6.07 Å². The molecule has 1 unspecified atom stereocenters. The number of rotatable bonds is 6. The lowest BCUT2D eigenvalue weighted by Gasteiger charge is -2.19. The molecule has 0 saturated carbocycles. The average molecular weight is 289 g/mol. The fourth-order valence-electron chi connectivity index (χ4n) is 2.49. The lowest BCUT2D eigenvalue weighted by molar-refractivity contribution is 0.504. The van der Waals surface area contributed by atoms with E-state index in [4.69, 9.17) is 0 Å². The van der Waals surface area contributed by atoms with Crippen LogP contribution in [0.1, 0.15) is 43.0 Å². The highest BCUT2D eigenvalue weighted by atomic mass is 19.2. The van der Waals surface area contributed by atoms with E-state index in [-0.39, 0.29) is 6.04 Å². The van der Waals surface area contributed by atoms with Gasteiger partial charge in [0, 0.05) is 0 Å². The van der Waals surface area contributed by atoms with Crippen LogP contribution in [0.25, 0.3) is 0 Å². The van der Waals surface area contributed by atoms with E-state index in [1.165, 1.54) is 17.7 Å².